The van der Waals surface area contributed by atoms with Gasteiger partial charge in [0.25, 0.3) is 5.91 Å². The maximum Gasteiger partial charge on any atom is 0.253 e. The Kier molecular flexibility index (Phi) is 5.00. The van der Waals surface area contributed by atoms with E-state index < -0.39 is 0 Å². The van der Waals surface area contributed by atoms with Crippen molar-refractivity contribution in [3.8, 4) is 0 Å². The summed E-state index contributed by atoms with van der Waals surface area (Å²) in [5.41, 5.74) is 2.87. The number of nitrogens with zero attached hydrogens (tertiary/aromatic N) is 1. The minimum absolute atomic E-state index is 0.0283. The van der Waals surface area contributed by atoms with E-state index in [0.29, 0.717) is 12.1 Å². The fraction of sp³-hybridized carbons (Fsp3) is 0.188. The molecule has 0 atom stereocenters. The average molecular weight is 397 g/mol. The second-order valence-electron chi connectivity index (χ2n) is 4.76. The smallest absolute Gasteiger partial charge is 0.253 e. The molecule has 0 aliphatic heterocycles. The van der Waals surface area contributed by atoms with Crippen molar-refractivity contribution < 1.29 is 4.79 Å². The summed E-state index contributed by atoms with van der Waals surface area (Å²) >= 11 is 6.89. The fourth-order valence-electron chi connectivity index (χ4n) is 1.98. The second-order valence-corrected chi connectivity index (χ2v) is 6.53. The van der Waals surface area contributed by atoms with Crippen molar-refractivity contribution >= 4 is 37.8 Å². The lowest BCUT2D eigenvalue weighted by Gasteiger charge is -2.18. The van der Waals surface area contributed by atoms with Crippen LogP contribution in [-0.4, -0.2) is 17.9 Å². The first-order valence-electron chi connectivity index (χ1n) is 6.23. The number of aryl methyl sites for hydroxylation is 1. The highest BCUT2D eigenvalue weighted by molar-refractivity contribution is 9.10. The van der Waals surface area contributed by atoms with Gasteiger partial charge in [0.2, 0.25) is 0 Å². The molecule has 2 rings (SSSR count). The van der Waals surface area contributed by atoms with Gasteiger partial charge in [-0.2, -0.15) is 0 Å². The van der Waals surface area contributed by atoms with Crippen molar-refractivity contribution in [2.45, 2.75) is 13.5 Å². The van der Waals surface area contributed by atoms with Gasteiger partial charge in [0.05, 0.1) is 0 Å². The molecular weight excluding hydrogens is 382 g/mol. The zero-order valence-corrected chi connectivity index (χ0v) is 14.5. The quantitative estimate of drug-likeness (QED) is 0.730. The Labute approximate surface area is 136 Å². The molecule has 0 saturated heterocycles. The molecule has 104 valence electrons. The highest BCUT2D eigenvalue weighted by Gasteiger charge is 2.13. The molecule has 0 radical (unpaired) electrons. The monoisotopic (exact) mass is 395 g/mol. The number of carbonyl (C=O) groups excluding carboxylic acids is 1. The molecule has 0 fully saturated rings. The summed E-state index contributed by atoms with van der Waals surface area (Å²) in [6.45, 7) is 2.57. The van der Waals surface area contributed by atoms with Crippen LogP contribution in [0, 0.1) is 6.92 Å². The third-order valence-electron chi connectivity index (χ3n) is 3.06. The van der Waals surface area contributed by atoms with Gasteiger partial charge in [-0.25, -0.2) is 0 Å². The maximum atomic E-state index is 12.4. The van der Waals surface area contributed by atoms with Crippen molar-refractivity contribution in [2.24, 2.45) is 0 Å². The van der Waals surface area contributed by atoms with Crippen molar-refractivity contribution in [2.75, 3.05) is 7.05 Å². The molecule has 2 aromatic rings. The van der Waals surface area contributed by atoms with Crippen LogP contribution < -0.4 is 0 Å². The van der Waals surface area contributed by atoms with E-state index in [0.717, 1.165) is 20.1 Å². The van der Waals surface area contributed by atoms with Crippen LogP contribution in [0.25, 0.3) is 0 Å². The standard InChI is InChI=1S/C16H15Br2NO/c1-11-8-13(6-7-15(11)18)16(20)19(2)10-12-4-3-5-14(17)9-12/h3-9H,10H2,1-2H3. The predicted octanol–water partition coefficient (Wildman–Crippen LogP) is 4.79. The topological polar surface area (TPSA) is 20.3 Å². The first kappa shape index (κ1) is 15.3. The van der Waals surface area contributed by atoms with Gasteiger partial charge in [0.15, 0.2) is 0 Å². The van der Waals surface area contributed by atoms with Crippen LogP contribution in [0.2, 0.25) is 0 Å². The van der Waals surface area contributed by atoms with E-state index in [9.17, 15) is 4.79 Å². The van der Waals surface area contributed by atoms with E-state index in [-0.39, 0.29) is 5.91 Å². The lowest BCUT2D eigenvalue weighted by molar-refractivity contribution is 0.0785. The van der Waals surface area contributed by atoms with E-state index in [1.165, 1.54) is 0 Å². The summed E-state index contributed by atoms with van der Waals surface area (Å²) in [4.78, 5) is 14.1. The first-order valence-corrected chi connectivity index (χ1v) is 7.82. The summed E-state index contributed by atoms with van der Waals surface area (Å²) < 4.78 is 2.04. The van der Waals surface area contributed by atoms with Crippen molar-refractivity contribution in [1.29, 1.82) is 0 Å². The number of rotatable bonds is 3. The second kappa shape index (κ2) is 6.55. The molecule has 0 bridgehead atoms. The normalized spacial score (nSPS) is 10.4. The van der Waals surface area contributed by atoms with E-state index >= 15 is 0 Å². The van der Waals surface area contributed by atoms with Crippen molar-refractivity contribution in [3.63, 3.8) is 0 Å². The third kappa shape index (κ3) is 3.70. The summed E-state index contributed by atoms with van der Waals surface area (Å²) in [6.07, 6.45) is 0. The fourth-order valence-corrected chi connectivity index (χ4v) is 2.67. The summed E-state index contributed by atoms with van der Waals surface area (Å²) in [5, 5.41) is 0. The van der Waals surface area contributed by atoms with Crippen LogP contribution in [0.3, 0.4) is 0 Å². The minimum Gasteiger partial charge on any atom is -0.337 e. The lowest BCUT2D eigenvalue weighted by Crippen LogP contribution is -2.26. The van der Waals surface area contributed by atoms with Gasteiger partial charge in [-0.05, 0) is 48.4 Å². The van der Waals surface area contributed by atoms with Crippen LogP contribution in [0.4, 0.5) is 0 Å². The zero-order valence-electron chi connectivity index (χ0n) is 11.4. The Morgan fingerprint density at radius 1 is 1.15 bits per heavy atom. The minimum atomic E-state index is 0.0283. The molecule has 0 N–H and O–H groups in total. The zero-order chi connectivity index (χ0) is 14.7. The summed E-state index contributed by atoms with van der Waals surface area (Å²) in [6, 6.07) is 13.7. The van der Waals surface area contributed by atoms with Gasteiger partial charge >= 0.3 is 0 Å². The number of hydrogen-bond donors (Lipinski definition) is 0. The predicted molar refractivity (Wildman–Crippen MR) is 88.8 cm³/mol. The van der Waals surface area contributed by atoms with Gasteiger partial charge in [-0.15, -0.1) is 0 Å². The highest BCUT2D eigenvalue weighted by Crippen LogP contribution is 2.19. The summed E-state index contributed by atoms with van der Waals surface area (Å²) in [5.74, 6) is 0.0283. The van der Waals surface area contributed by atoms with Crippen molar-refractivity contribution in [1.82, 2.24) is 4.90 Å². The molecule has 0 aliphatic carbocycles. The largest absolute Gasteiger partial charge is 0.337 e. The molecule has 2 aromatic carbocycles. The third-order valence-corrected chi connectivity index (χ3v) is 4.44. The molecule has 0 spiro atoms. The van der Waals surface area contributed by atoms with Crippen LogP contribution in [-0.2, 0) is 6.54 Å². The van der Waals surface area contributed by atoms with Gasteiger partial charge in [-0.1, -0.05) is 44.0 Å². The number of halogens is 2. The molecule has 0 aliphatic rings. The first-order chi connectivity index (χ1) is 9.47. The number of carbonyl (C=O) groups is 1. The van der Waals surface area contributed by atoms with E-state index in [2.05, 4.69) is 31.9 Å². The Hall–Kier alpha value is -1.13. The number of benzene rings is 2. The average Bonchev–Trinajstić information content (AvgIpc) is 2.41. The number of hydrogen-bond acceptors (Lipinski definition) is 1. The van der Waals surface area contributed by atoms with E-state index in [1.807, 2.05) is 56.4 Å². The van der Waals surface area contributed by atoms with Crippen LogP contribution in [0.15, 0.2) is 51.4 Å². The van der Waals surface area contributed by atoms with Crippen LogP contribution in [0.5, 0.6) is 0 Å². The van der Waals surface area contributed by atoms with Crippen molar-refractivity contribution in [3.05, 3.63) is 68.1 Å². The maximum absolute atomic E-state index is 12.4. The Balaban J connectivity index is 2.14. The van der Waals surface area contributed by atoms with Crippen LogP contribution >= 0.6 is 31.9 Å². The Morgan fingerprint density at radius 3 is 2.55 bits per heavy atom. The van der Waals surface area contributed by atoms with Gasteiger partial charge in [-0.3, -0.25) is 4.79 Å². The Bertz CT molecular complexity index is 640. The molecule has 2 nitrogen and oxygen atoms in total. The van der Waals surface area contributed by atoms with Gasteiger partial charge in [0, 0.05) is 28.1 Å². The molecule has 0 saturated carbocycles. The molecule has 20 heavy (non-hydrogen) atoms. The van der Waals surface area contributed by atoms with Crippen LogP contribution in [0.1, 0.15) is 21.5 Å². The molecule has 0 unspecified atom stereocenters. The molecule has 4 heteroatoms. The Morgan fingerprint density at radius 2 is 1.90 bits per heavy atom. The number of amides is 1. The highest BCUT2D eigenvalue weighted by atomic mass is 79.9. The van der Waals surface area contributed by atoms with Gasteiger partial charge in [0.1, 0.15) is 0 Å². The molecule has 1 amide bonds. The molecular formula is C16H15Br2NO. The molecule has 0 heterocycles. The molecule has 0 aromatic heterocycles. The SMILES string of the molecule is Cc1cc(C(=O)N(C)Cc2cccc(Br)c2)ccc1Br. The van der Waals surface area contributed by atoms with E-state index in [1.54, 1.807) is 4.90 Å². The van der Waals surface area contributed by atoms with Gasteiger partial charge < -0.3 is 4.90 Å². The van der Waals surface area contributed by atoms with E-state index in [4.69, 9.17) is 0 Å². The lowest BCUT2D eigenvalue weighted by atomic mass is 10.1. The summed E-state index contributed by atoms with van der Waals surface area (Å²) in [7, 11) is 1.82.